The average molecular weight is 442 g/mol. The standard InChI is InChI=1S/C21H18N2O7S/c1-13-22-17(11-31-13)10-28-19-4-2-3-14(7-19)21(24)29-9-16-6-18(23(25)26)5-15-8-27-12-30-20(15)16/h2-7,11H,8-10,12H2,1H3. The number of fused-ring (bicyclic) bond motifs is 1. The van der Waals surface area contributed by atoms with Gasteiger partial charge in [-0.25, -0.2) is 9.78 Å². The van der Waals surface area contributed by atoms with Gasteiger partial charge < -0.3 is 18.9 Å². The van der Waals surface area contributed by atoms with Crippen molar-refractivity contribution in [2.24, 2.45) is 0 Å². The molecule has 1 aromatic heterocycles. The minimum atomic E-state index is -0.581. The predicted molar refractivity (Wildman–Crippen MR) is 110 cm³/mol. The van der Waals surface area contributed by atoms with E-state index in [-0.39, 0.29) is 25.7 Å². The van der Waals surface area contributed by atoms with Crippen molar-refractivity contribution in [3.05, 3.63) is 79.3 Å². The second-order valence-corrected chi connectivity index (χ2v) is 7.77. The van der Waals surface area contributed by atoms with Gasteiger partial charge in [-0.05, 0) is 25.1 Å². The van der Waals surface area contributed by atoms with E-state index in [1.807, 2.05) is 12.3 Å². The molecule has 0 saturated heterocycles. The van der Waals surface area contributed by atoms with Crippen molar-refractivity contribution in [1.82, 2.24) is 4.98 Å². The zero-order valence-corrected chi connectivity index (χ0v) is 17.3. The van der Waals surface area contributed by atoms with Gasteiger partial charge in [-0.15, -0.1) is 11.3 Å². The van der Waals surface area contributed by atoms with Crippen LogP contribution in [0.3, 0.4) is 0 Å². The summed E-state index contributed by atoms with van der Waals surface area (Å²) >= 11 is 1.54. The van der Waals surface area contributed by atoms with Crippen LogP contribution in [0, 0.1) is 17.0 Å². The second kappa shape index (κ2) is 9.11. The van der Waals surface area contributed by atoms with Crippen molar-refractivity contribution in [2.45, 2.75) is 26.7 Å². The highest BCUT2D eigenvalue weighted by atomic mass is 32.1. The minimum absolute atomic E-state index is 0.0314. The Labute approximate surface area is 181 Å². The highest BCUT2D eigenvalue weighted by Gasteiger charge is 2.22. The number of esters is 1. The molecule has 3 aromatic rings. The summed E-state index contributed by atoms with van der Waals surface area (Å²) in [6, 6.07) is 9.34. The van der Waals surface area contributed by atoms with E-state index in [2.05, 4.69) is 4.98 Å². The number of carbonyl (C=O) groups is 1. The summed E-state index contributed by atoms with van der Waals surface area (Å²) < 4.78 is 21.7. The number of aromatic nitrogens is 1. The van der Waals surface area contributed by atoms with Gasteiger partial charge in [0.15, 0.2) is 6.79 Å². The van der Waals surface area contributed by atoms with Crippen LogP contribution in [0.25, 0.3) is 0 Å². The first-order chi connectivity index (χ1) is 15.0. The molecule has 0 bridgehead atoms. The van der Waals surface area contributed by atoms with Crippen molar-refractivity contribution in [2.75, 3.05) is 6.79 Å². The van der Waals surface area contributed by atoms with Crippen LogP contribution in [-0.4, -0.2) is 22.7 Å². The van der Waals surface area contributed by atoms with E-state index in [4.69, 9.17) is 18.9 Å². The number of hydrogen-bond acceptors (Lipinski definition) is 9. The molecule has 0 atom stereocenters. The van der Waals surface area contributed by atoms with Crippen molar-refractivity contribution >= 4 is 23.0 Å². The molecule has 0 N–H and O–H groups in total. The summed E-state index contributed by atoms with van der Waals surface area (Å²) in [5.41, 5.74) is 1.95. The van der Waals surface area contributed by atoms with Crippen LogP contribution < -0.4 is 9.47 Å². The van der Waals surface area contributed by atoms with Gasteiger partial charge in [-0.2, -0.15) is 0 Å². The van der Waals surface area contributed by atoms with Crippen molar-refractivity contribution in [3.63, 3.8) is 0 Å². The van der Waals surface area contributed by atoms with E-state index < -0.39 is 10.9 Å². The summed E-state index contributed by atoms with van der Waals surface area (Å²) in [7, 11) is 0. The van der Waals surface area contributed by atoms with Gasteiger partial charge in [0.25, 0.3) is 5.69 Å². The van der Waals surface area contributed by atoms with Crippen LogP contribution in [0.5, 0.6) is 11.5 Å². The van der Waals surface area contributed by atoms with Crippen LogP contribution >= 0.6 is 11.3 Å². The molecule has 0 aliphatic carbocycles. The molecule has 0 saturated carbocycles. The van der Waals surface area contributed by atoms with E-state index in [1.165, 1.54) is 23.5 Å². The van der Waals surface area contributed by atoms with Gasteiger partial charge in [0.1, 0.15) is 24.7 Å². The van der Waals surface area contributed by atoms with Gasteiger partial charge in [0.2, 0.25) is 0 Å². The third-order valence-corrected chi connectivity index (χ3v) is 5.29. The Morgan fingerprint density at radius 3 is 2.94 bits per heavy atom. The SMILES string of the molecule is Cc1nc(COc2cccc(C(=O)OCc3cc([N+](=O)[O-])cc4c3OCOC4)c2)cs1. The summed E-state index contributed by atoms with van der Waals surface area (Å²) in [6.45, 7) is 2.26. The molecular formula is C21H18N2O7S. The fraction of sp³-hybridized carbons (Fsp3) is 0.238. The Balaban J connectivity index is 1.44. The number of benzene rings is 2. The second-order valence-electron chi connectivity index (χ2n) is 6.71. The Kier molecular flexibility index (Phi) is 6.10. The number of nitro groups is 1. The lowest BCUT2D eigenvalue weighted by Gasteiger charge is -2.20. The van der Waals surface area contributed by atoms with Gasteiger partial charge in [-0.1, -0.05) is 6.07 Å². The van der Waals surface area contributed by atoms with E-state index in [9.17, 15) is 14.9 Å². The number of aryl methyl sites for hydroxylation is 1. The molecule has 31 heavy (non-hydrogen) atoms. The maximum atomic E-state index is 12.5. The maximum Gasteiger partial charge on any atom is 0.338 e. The van der Waals surface area contributed by atoms with Gasteiger partial charge >= 0.3 is 5.97 Å². The van der Waals surface area contributed by atoms with Crippen LogP contribution in [0.15, 0.2) is 41.8 Å². The Morgan fingerprint density at radius 2 is 2.16 bits per heavy atom. The molecule has 0 unspecified atom stereocenters. The van der Waals surface area contributed by atoms with Crippen LogP contribution in [0.1, 0.15) is 32.2 Å². The van der Waals surface area contributed by atoms with E-state index in [0.29, 0.717) is 34.8 Å². The smallest absolute Gasteiger partial charge is 0.338 e. The molecule has 0 spiro atoms. The molecule has 2 heterocycles. The van der Waals surface area contributed by atoms with Crippen LogP contribution in [0.2, 0.25) is 0 Å². The zero-order valence-electron chi connectivity index (χ0n) is 16.5. The topological polar surface area (TPSA) is 110 Å². The quantitative estimate of drug-likeness (QED) is 0.305. The first-order valence-corrected chi connectivity index (χ1v) is 10.2. The van der Waals surface area contributed by atoms with E-state index >= 15 is 0 Å². The first kappa shape index (κ1) is 20.8. The lowest BCUT2D eigenvalue weighted by atomic mass is 10.1. The Morgan fingerprint density at radius 1 is 1.29 bits per heavy atom. The number of hydrogen-bond donors (Lipinski definition) is 0. The molecule has 160 valence electrons. The number of ether oxygens (including phenoxy) is 4. The minimum Gasteiger partial charge on any atom is -0.487 e. The van der Waals surface area contributed by atoms with Gasteiger partial charge in [-0.3, -0.25) is 10.1 Å². The first-order valence-electron chi connectivity index (χ1n) is 9.31. The van der Waals surface area contributed by atoms with Crippen LogP contribution in [0.4, 0.5) is 5.69 Å². The highest BCUT2D eigenvalue weighted by Crippen LogP contribution is 2.33. The number of carbonyl (C=O) groups excluding carboxylic acids is 1. The van der Waals surface area contributed by atoms with Crippen LogP contribution in [-0.2, 0) is 29.3 Å². The van der Waals surface area contributed by atoms with Gasteiger partial charge in [0, 0.05) is 28.6 Å². The predicted octanol–water partition coefficient (Wildman–Crippen LogP) is 4.16. The van der Waals surface area contributed by atoms with E-state index in [0.717, 1.165) is 10.7 Å². The fourth-order valence-corrected chi connectivity index (χ4v) is 3.66. The van der Waals surface area contributed by atoms with Gasteiger partial charge in [0.05, 0.1) is 27.8 Å². The molecule has 1 aliphatic rings. The molecule has 0 fully saturated rings. The number of thiazole rings is 1. The fourth-order valence-electron chi connectivity index (χ4n) is 3.06. The number of non-ortho nitro benzene ring substituents is 1. The summed E-state index contributed by atoms with van der Waals surface area (Å²) in [5.74, 6) is 0.371. The zero-order chi connectivity index (χ0) is 21.8. The van der Waals surface area contributed by atoms with Crippen molar-refractivity contribution < 1.29 is 28.7 Å². The van der Waals surface area contributed by atoms with Crippen molar-refractivity contribution in [3.8, 4) is 11.5 Å². The molecule has 4 rings (SSSR count). The maximum absolute atomic E-state index is 12.5. The number of nitro benzene ring substituents is 1. The third kappa shape index (κ3) is 4.98. The Bertz CT molecular complexity index is 1130. The Hall–Kier alpha value is -3.50. The molecule has 9 nitrogen and oxygen atoms in total. The molecule has 0 radical (unpaired) electrons. The monoisotopic (exact) mass is 442 g/mol. The van der Waals surface area contributed by atoms with Crippen molar-refractivity contribution in [1.29, 1.82) is 0 Å². The number of rotatable bonds is 7. The third-order valence-electron chi connectivity index (χ3n) is 4.46. The molecule has 0 amide bonds. The summed E-state index contributed by atoms with van der Waals surface area (Å²) in [6.07, 6.45) is 0. The highest BCUT2D eigenvalue weighted by molar-refractivity contribution is 7.09. The average Bonchev–Trinajstić information content (AvgIpc) is 3.20. The lowest BCUT2D eigenvalue weighted by molar-refractivity contribution is -0.385. The molecule has 2 aromatic carbocycles. The van der Waals surface area contributed by atoms with E-state index in [1.54, 1.807) is 24.3 Å². The molecular weight excluding hydrogens is 424 g/mol. The lowest BCUT2D eigenvalue weighted by Crippen LogP contribution is -2.15. The largest absolute Gasteiger partial charge is 0.487 e. The molecule has 1 aliphatic heterocycles. The normalized spacial score (nSPS) is 12.5. The summed E-state index contributed by atoms with van der Waals surface area (Å²) in [5, 5.41) is 14.1. The number of nitrogens with zero attached hydrogens (tertiary/aromatic N) is 2. The molecule has 10 heteroatoms. The summed E-state index contributed by atoms with van der Waals surface area (Å²) in [4.78, 5) is 27.6.